The number of rotatable bonds is 24. The van der Waals surface area contributed by atoms with Crippen LogP contribution in [0.25, 0.3) is 0 Å². The van der Waals surface area contributed by atoms with E-state index < -0.39 is 6.04 Å². The molecular weight excluding hydrogens is 823 g/mol. The van der Waals surface area contributed by atoms with Crippen molar-refractivity contribution in [2.75, 3.05) is 36.6 Å². The molecule has 1 aromatic heterocycles. The van der Waals surface area contributed by atoms with Crippen LogP contribution in [0.3, 0.4) is 0 Å². The third-order valence-electron chi connectivity index (χ3n) is 12.6. The molecule has 0 spiro atoms. The highest BCUT2D eigenvalue weighted by Gasteiger charge is 2.40. The highest BCUT2D eigenvalue weighted by Crippen LogP contribution is 2.37. The van der Waals surface area contributed by atoms with Crippen molar-refractivity contribution in [3.8, 4) is 5.75 Å². The first-order valence-electron chi connectivity index (χ1n) is 23.7. The monoisotopic (exact) mass is 892 g/mol. The minimum Gasteiger partial charge on any atom is -0.494 e. The Bertz CT molecular complexity index is 2100. The van der Waals surface area contributed by atoms with Gasteiger partial charge in [-0.3, -0.25) is 19.2 Å². The SMILES string of the molecule is CN[C@@H](C)C(=O)N[C@H](C(=O)N1CCC[C@H]1c1nc(Cc2cccc(OCCCCCCCCCCCC(=O)Nc3ccc(C(=O)Nc4ccccc4N)cc3)c2)cs1)C1CCCCC1. The molecule has 3 atom stereocenters. The zero-order valence-corrected chi connectivity index (χ0v) is 38.7. The number of nitrogens with one attached hydrogen (secondary N) is 4. The summed E-state index contributed by atoms with van der Waals surface area (Å²) >= 11 is 1.63. The Morgan fingerprint density at radius 2 is 1.55 bits per heavy atom. The molecule has 1 saturated carbocycles. The second-order valence-corrected chi connectivity index (χ2v) is 18.4. The number of thiazole rings is 1. The number of carbonyl (C=O) groups is 4. The van der Waals surface area contributed by atoms with Crippen LogP contribution in [-0.2, 0) is 20.8 Å². The van der Waals surface area contributed by atoms with Crippen molar-refractivity contribution < 1.29 is 23.9 Å². The van der Waals surface area contributed by atoms with Gasteiger partial charge in [-0.25, -0.2) is 4.98 Å². The summed E-state index contributed by atoms with van der Waals surface area (Å²) in [5.41, 5.74) is 10.3. The highest BCUT2D eigenvalue weighted by molar-refractivity contribution is 7.09. The predicted molar refractivity (Wildman–Crippen MR) is 258 cm³/mol. The quantitative estimate of drug-likeness (QED) is 0.0342. The second kappa shape index (κ2) is 25.3. The molecule has 1 aliphatic carbocycles. The van der Waals surface area contributed by atoms with E-state index in [2.05, 4.69) is 38.8 Å². The third-order valence-corrected chi connectivity index (χ3v) is 13.6. The number of unbranched alkanes of at least 4 members (excludes halogenated alkanes) is 8. The molecule has 2 fully saturated rings. The standard InChI is InChI=1S/C51H69N7O5S/c1-36(53-2)48(60)57-47(38-20-11-10-12-21-38)51(62)58-31-18-25-45(58)50-55-41(35-64-50)33-37-19-17-22-42(34-37)63-32-16-9-7-5-3-4-6-8-13-26-46(59)54-40-29-27-39(28-30-40)49(61)56-44-24-15-14-23-43(44)52/h14-15,17,19,22-24,27-30,34-36,38,45,47,53H,3-13,16,18,20-21,25-26,31-33,52H2,1-2H3,(H,54,59)(H,56,61)(H,57,60)/t36-,45-,47-/m0/s1. The zero-order chi connectivity index (χ0) is 45.1. The molecule has 0 unspecified atom stereocenters. The number of nitrogens with zero attached hydrogens (tertiary/aromatic N) is 2. The number of aromatic nitrogens is 1. The Balaban J connectivity index is 0.821. The van der Waals surface area contributed by atoms with E-state index in [-0.39, 0.29) is 41.6 Å². The maximum Gasteiger partial charge on any atom is 0.255 e. The zero-order valence-electron chi connectivity index (χ0n) is 37.9. The van der Waals surface area contributed by atoms with Crippen molar-refractivity contribution in [2.45, 2.75) is 141 Å². The molecule has 4 amide bonds. The summed E-state index contributed by atoms with van der Waals surface area (Å²) in [6.45, 7) is 3.22. The van der Waals surface area contributed by atoms with Gasteiger partial charge in [0.15, 0.2) is 0 Å². The molecule has 0 bridgehead atoms. The number of amides is 4. The van der Waals surface area contributed by atoms with Crippen LogP contribution < -0.4 is 31.7 Å². The summed E-state index contributed by atoms with van der Waals surface area (Å²) in [4.78, 5) is 59.2. The molecule has 64 heavy (non-hydrogen) atoms. The average Bonchev–Trinajstić information content (AvgIpc) is 4.00. The first-order chi connectivity index (χ1) is 31.2. The molecule has 13 heteroatoms. The minimum absolute atomic E-state index is 0.0127. The molecule has 2 heterocycles. The van der Waals surface area contributed by atoms with Gasteiger partial charge in [-0.15, -0.1) is 11.3 Å². The smallest absolute Gasteiger partial charge is 0.255 e. The van der Waals surface area contributed by atoms with E-state index in [9.17, 15) is 19.2 Å². The van der Waals surface area contributed by atoms with Crippen LogP contribution in [0.5, 0.6) is 5.75 Å². The summed E-state index contributed by atoms with van der Waals surface area (Å²) in [5, 5.41) is 15.0. The summed E-state index contributed by atoms with van der Waals surface area (Å²) in [7, 11) is 1.77. The number of benzene rings is 3. The van der Waals surface area contributed by atoms with Crippen LogP contribution in [0.15, 0.2) is 78.2 Å². The summed E-state index contributed by atoms with van der Waals surface area (Å²) in [5.74, 6) is 0.704. The van der Waals surface area contributed by atoms with E-state index in [1.165, 1.54) is 32.1 Å². The fraction of sp³-hybridized carbons (Fsp3) is 0.510. The Morgan fingerprint density at radius 3 is 2.28 bits per heavy atom. The lowest BCUT2D eigenvalue weighted by Crippen LogP contribution is -2.55. The number of ether oxygens (including phenoxy) is 1. The molecule has 3 aromatic carbocycles. The minimum atomic E-state index is -0.494. The number of likely N-dealkylation sites (tertiary alicyclic amines) is 1. The highest BCUT2D eigenvalue weighted by atomic mass is 32.1. The van der Waals surface area contributed by atoms with Crippen LogP contribution in [0.4, 0.5) is 17.1 Å². The molecule has 6 N–H and O–H groups in total. The number of hydrogen-bond acceptors (Lipinski definition) is 9. The topological polar surface area (TPSA) is 168 Å². The number of para-hydroxylation sites is 2. The van der Waals surface area contributed by atoms with Gasteiger partial charge in [0.25, 0.3) is 5.91 Å². The van der Waals surface area contributed by atoms with Crippen molar-refractivity contribution in [1.29, 1.82) is 0 Å². The molecule has 4 aromatic rings. The number of nitrogens with two attached hydrogens (primary N) is 1. The van der Waals surface area contributed by atoms with Crippen molar-refractivity contribution in [2.24, 2.45) is 5.92 Å². The lowest BCUT2D eigenvalue weighted by molar-refractivity contribution is -0.139. The number of hydrogen-bond donors (Lipinski definition) is 5. The number of carbonyl (C=O) groups excluding carboxylic acids is 4. The Kier molecular flexibility index (Phi) is 19.0. The van der Waals surface area contributed by atoms with Crippen LogP contribution in [0.2, 0.25) is 0 Å². The number of nitrogen functional groups attached to an aromatic ring is 1. The number of likely N-dealkylation sites (N-methyl/N-ethyl adjacent to an activating group) is 1. The Morgan fingerprint density at radius 1 is 0.828 bits per heavy atom. The van der Waals surface area contributed by atoms with Gasteiger partial charge >= 0.3 is 0 Å². The third kappa shape index (κ3) is 14.6. The second-order valence-electron chi connectivity index (χ2n) is 17.5. The van der Waals surface area contributed by atoms with Gasteiger partial charge in [-0.2, -0.15) is 0 Å². The van der Waals surface area contributed by atoms with Crippen molar-refractivity contribution in [3.05, 3.63) is 100 Å². The van der Waals surface area contributed by atoms with Crippen LogP contribution in [0.1, 0.15) is 149 Å². The summed E-state index contributed by atoms with van der Waals surface area (Å²) in [6.07, 6.45) is 18.3. The molecular formula is C51H69N7O5S. The van der Waals surface area contributed by atoms with Gasteiger partial charge in [0.2, 0.25) is 17.7 Å². The van der Waals surface area contributed by atoms with Crippen molar-refractivity contribution >= 4 is 52.0 Å². The largest absolute Gasteiger partial charge is 0.494 e. The van der Waals surface area contributed by atoms with Gasteiger partial charge in [0.1, 0.15) is 16.8 Å². The van der Waals surface area contributed by atoms with E-state index in [1.807, 2.05) is 36.1 Å². The van der Waals surface area contributed by atoms with Gasteiger partial charge in [0, 0.05) is 36.0 Å². The summed E-state index contributed by atoms with van der Waals surface area (Å²) in [6, 6.07) is 21.4. The first-order valence-corrected chi connectivity index (χ1v) is 24.6. The lowest BCUT2D eigenvalue weighted by atomic mass is 9.83. The van der Waals surface area contributed by atoms with E-state index in [4.69, 9.17) is 15.5 Å². The predicted octanol–water partition coefficient (Wildman–Crippen LogP) is 9.82. The van der Waals surface area contributed by atoms with Crippen LogP contribution in [0, 0.1) is 5.92 Å². The van der Waals surface area contributed by atoms with Gasteiger partial charge in [0.05, 0.1) is 35.8 Å². The average molecular weight is 892 g/mol. The Labute approximate surface area is 383 Å². The molecule has 12 nitrogen and oxygen atoms in total. The van der Waals surface area contributed by atoms with E-state index in [0.717, 1.165) is 92.6 Å². The fourth-order valence-corrected chi connectivity index (χ4v) is 9.75. The first kappa shape index (κ1) is 48.2. The van der Waals surface area contributed by atoms with Crippen molar-refractivity contribution in [3.63, 3.8) is 0 Å². The van der Waals surface area contributed by atoms with Gasteiger partial charge in [-0.1, -0.05) is 88.5 Å². The molecule has 1 aliphatic heterocycles. The molecule has 0 radical (unpaired) electrons. The van der Waals surface area contributed by atoms with Gasteiger partial charge in [-0.05, 0) is 113 Å². The maximum atomic E-state index is 14.2. The molecule has 1 saturated heterocycles. The maximum absolute atomic E-state index is 14.2. The van der Waals surface area contributed by atoms with Crippen LogP contribution >= 0.6 is 11.3 Å². The van der Waals surface area contributed by atoms with Crippen molar-refractivity contribution in [1.82, 2.24) is 20.5 Å². The van der Waals surface area contributed by atoms with Gasteiger partial charge < -0.3 is 36.6 Å². The summed E-state index contributed by atoms with van der Waals surface area (Å²) < 4.78 is 6.15. The van der Waals surface area contributed by atoms with E-state index >= 15 is 0 Å². The Hall–Kier alpha value is -5.27. The fourth-order valence-electron chi connectivity index (χ4n) is 8.78. The molecule has 2 aliphatic rings. The normalized spacial score (nSPS) is 16.2. The van der Waals surface area contributed by atoms with Crippen LogP contribution in [-0.4, -0.2) is 65.8 Å². The van der Waals surface area contributed by atoms with E-state index in [1.54, 1.807) is 54.8 Å². The molecule has 6 rings (SSSR count). The number of anilines is 3. The van der Waals surface area contributed by atoms with E-state index in [0.29, 0.717) is 48.6 Å². The lowest BCUT2D eigenvalue weighted by Gasteiger charge is -2.35. The molecule has 344 valence electrons.